The van der Waals surface area contributed by atoms with Crippen molar-refractivity contribution in [3.8, 4) is 17.1 Å². The van der Waals surface area contributed by atoms with Crippen molar-refractivity contribution in [1.29, 1.82) is 0 Å². The van der Waals surface area contributed by atoms with Crippen LogP contribution in [0.4, 0.5) is 5.69 Å². The normalized spacial score (nSPS) is 11.2. The number of nitrogen functional groups attached to an aromatic ring is 1. The summed E-state index contributed by atoms with van der Waals surface area (Å²) in [6, 6.07) is 18.6. The minimum atomic E-state index is -0.254. The maximum atomic E-state index is 12.7. The summed E-state index contributed by atoms with van der Waals surface area (Å²) in [6.07, 6.45) is 0. The number of fused-ring (bicyclic) bond motifs is 3. The summed E-state index contributed by atoms with van der Waals surface area (Å²) in [7, 11) is 1.56. The number of nitrogens with one attached hydrogen (secondary N) is 1. The highest BCUT2D eigenvalue weighted by atomic mass is 35.5. The van der Waals surface area contributed by atoms with Crippen molar-refractivity contribution in [2.45, 2.75) is 5.16 Å². The molecule has 8 nitrogen and oxygen atoms in total. The zero-order chi connectivity index (χ0) is 22.9. The Balaban J connectivity index is 1.33. The van der Waals surface area contributed by atoms with E-state index in [1.165, 1.54) is 4.68 Å². The molecule has 5 rings (SSSR count). The molecule has 0 aliphatic carbocycles. The van der Waals surface area contributed by atoms with Gasteiger partial charge in [0.15, 0.2) is 5.82 Å². The third-order valence-corrected chi connectivity index (χ3v) is 6.36. The number of halogens is 1. The molecule has 0 radical (unpaired) electrons. The summed E-state index contributed by atoms with van der Waals surface area (Å²) in [6.45, 7) is 0. The number of ether oxygens (including phenoxy) is 1. The van der Waals surface area contributed by atoms with Gasteiger partial charge in [-0.25, -0.2) is 4.68 Å². The van der Waals surface area contributed by atoms with Gasteiger partial charge in [-0.2, -0.15) is 0 Å². The van der Waals surface area contributed by atoms with Crippen molar-refractivity contribution in [1.82, 2.24) is 14.9 Å². The van der Waals surface area contributed by atoms with Crippen LogP contribution in [0, 0.1) is 0 Å². The second-order valence-electron chi connectivity index (χ2n) is 7.14. The van der Waals surface area contributed by atoms with Crippen molar-refractivity contribution >= 4 is 56.9 Å². The Labute approximate surface area is 197 Å². The first kappa shape index (κ1) is 21.2. The number of amides is 1. The van der Waals surface area contributed by atoms with Crippen LogP contribution >= 0.6 is 23.4 Å². The second-order valence-corrected chi connectivity index (χ2v) is 8.49. The van der Waals surface area contributed by atoms with E-state index in [1.54, 1.807) is 25.3 Å². The zero-order valence-electron chi connectivity index (χ0n) is 17.4. The third kappa shape index (κ3) is 3.96. The first-order valence-corrected chi connectivity index (χ1v) is 11.3. The summed E-state index contributed by atoms with van der Waals surface area (Å²) >= 11 is 7.39. The molecule has 0 atom stereocenters. The number of anilines is 1. The highest BCUT2D eigenvalue weighted by Gasteiger charge is 2.17. The second kappa shape index (κ2) is 8.68. The van der Waals surface area contributed by atoms with E-state index in [0.717, 1.165) is 28.1 Å². The average molecular weight is 480 g/mol. The van der Waals surface area contributed by atoms with E-state index in [0.29, 0.717) is 38.6 Å². The highest BCUT2D eigenvalue weighted by molar-refractivity contribution is 7.99. The number of methoxy groups -OCH3 is 1. The van der Waals surface area contributed by atoms with Gasteiger partial charge in [0, 0.05) is 22.4 Å². The number of para-hydroxylation sites is 1. The van der Waals surface area contributed by atoms with Crippen LogP contribution in [0.5, 0.6) is 5.75 Å². The molecule has 2 aromatic heterocycles. The molecular weight excluding hydrogens is 462 g/mol. The van der Waals surface area contributed by atoms with Crippen LogP contribution in [-0.4, -0.2) is 33.6 Å². The molecule has 0 bridgehead atoms. The third-order valence-electron chi connectivity index (χ3n) is 5.08. The molecule has 2 heterocycles. The van der Waals surface area contributed by atoms with E-state index < -0.39 is 0 Å². The van der Waals surface area contributed by atoms with Crippen LogP contribution in [-0.2, 0) is 4.79 Å². The summed E-state index contributed by atoms with van der Waals surface area (Å²) in [5.41, 5.74) is 2.60. The SMILES string of the molecule is COc1cc2c(cc1NC(=O)CSc1nnc(-c3ccccc3Cl)n1N)oc1ccccc12. The van der Waals surface area contributed by atoms with Gasteiger partial charge < -0.3 is 20.3 Å². The van der Waals surface area contributed by atoms with E-state index >= 15 is 0 Å². The Hall–Kier alpha value is -3.69. The molecule has 0 aliphatic heterocycles. The molecule has 0 fully saturated rings. The number of thioether (sulfide) groups is 1. The molecule has 3 N–H and O–H groups in total. The first-order chi connectivity index (χ1) is 16.0. The van der Waals surface area contributed by atoms with Gasteiger partial charge in [0.1, 0.15) is 16.9 Å². The lowest BCUT2D eigenvalue weighted by atomic mass is 10.1. The van der Waals surface area contributed by atoms with Crippen LogP contribution in [0.2, 0.25) is 5.02 Å². The maximum absolute atomic E-state index is 12.7. The number of furan rings is 1. The van der Waals surface area contributed by atoms with E-state index in [-0.39, 0.29) is 11.7 Å². The predicted octanol–water partition coefficient (Wildman–Crippen LogP) is 4.95. The Bertz CT molecular complexity index is 1500. The van der Waals surface area contributed by atoms with Gasteiger partial charge in [-0.15, -0.1) is 10.2 Å². The fraction of sp³-hybridized carbons (Fsp3) is 0.0870. The minimum Gasteiger partial charge on any atom is -0.495 e. The number of rotatable bonds is 6. The molecule has 166 valence electrons. The monoisotopic (exact) mass is 479 g/mol. The Morgan fingerprint density at radius 1 is 1.12 bits per heavy atom. The van der Waals surface area contributed by atoms with Gasteiger partial charge in [-0.1, -0.05) is 53.7 Å². The lowest BCUT2D eigenvalue weighted by Crippen LogP contribution is -2.17. The quantitative estimate of drug-likeness (QED) is 0.262. The molecule has 0 aliphatic rings. The number of carbonyl (C=O) groups excluding carboxylic acids is 1. The maximum Gasteiger partial charge on any atom is 0.234 e. The molecule has 33 heavy (non-hydrogen) atoms. The molecular formula is C23H18ClN5O3S. The number of benzene rings is 3. The highest BCUT2D eigenvalue weighted by Crippen LogP contribution is 2.36. The largest absolute Gasteiger partial charge is 0.495 e. The number of carbonyl (C=O) groups is 1. The fourth-order valence-corrected chi connectivity index (χ4v) is 4.41. The Morgan fingerprint density at radius 3 is 2.73 bits per heavy atom. The van der Waals surface area contributed by atoms with Crippen molar-refractivity contribution in [2.24, 2.45) is 0 Å². The van der Waals surface area contributed by atoms with Crippen LogP contribution in [0.15, 0.2) is 70.2 Å². The summed E-state index contributed by atoms with van der Waals surface area (Å²) in [5, 5.41) is 13.9. The zero-order valence-corrected chi connectivity index (χ0v) is 19.0. The standard InChI is InChI=1S/C23H18ClN5O3S/c1-31-20-10-15-13-6-3-5-9-18(13)32-19(15)11-17(20)26-21(30)12-33-23-28-27-22(29(23)25)14-7-2-4-8-16(14)24/h2-11H,12,25H2,1H3,(H,26,30). The van der Waals surface area contributed by atoms with Crippen molar-refractivity contribution in [2.75, 3.05) is 24.0 Å². The van der Waals surface area contributed by atoms with Gasteiger partial charge in [0.25, 0.3) is 0 Å². The van der Waals surface area contributed by atoms with Crippen molar-refractivity contribution in [3.63, 3.8) is 0 Å². The van der Waals surface area contributed by atoms with Crippen LogP contribution in [0.1, 0.15) is 0 Å². The molecule has 0 unspecified atom stereocenters. The number of nitrogens with zero attached hydrogens (tertiary/aromatic N) is 3. The predicted molar refractivity (Wildman–Crippen MR) is 130 cm³/mol. The van der Waals surface area contributed by atoms with E-state index in [2.05, 4.69) is 15.5 Å². The fourth-order valence-electron chi connectivity index (χ4n) is 3.54. The number of nitrogens with two attached hydrogens (primary N) is 1. The summed E-state index contributed by atoms with van der Waals surface area (Å²) < 4.78 is 12.7. The van der Waals surface area contributed by atoms with E-state index in [9.17, 15) is 4.79 Å². The minimum absolute atomic E-state index is 0.0686. The molecule has 1 amide bonds. The Morgan fingerprint density at radius 2 is 1.91 bits per heavy atom. The number of hydrogen-bond acceptors (Lipinski definition) is 7. The smallest absolute Gasteiger partial charge is 0.234 e. The Kier molecular flexibility index (Phi) is 5.57. The van der Waals surface area contributed by atoms with Crippen molar-refractivity contribution < 1.29 is 13.9 Å². The molecule has 0 saturated carbocycles. The van der Waals surface area contributed by atoms with Crippen molar-refractivity contribution in [3.05, 3.63) is 65.7 Å². The molecule has 0 spiro atoms. The van der Waals surface area contributed by atoms with Gasteiger partial charge in [-0.3, -0.25) is 4.79 Å². The lowest BCUT2D eigenvalue weighted by Gasteiger charge is -2.10. The lowest BCUT2D eigenvalue weighted by molar-refractivity contribution is -0.113. The van der Waals surface area contributed by atoms with Gasteiger partial charge in [-0.05, 0) is 24.3 Å². The summed E-state index contributed by atoms with van der Waals surface area (Å²) in [5.74, 6) is 6.91. The first-order valence-electron chi connectivity index (χ1n) is 9.92. The molecule has 5 aromatic rings. The number of aromatic nitrogens is 3. The average Bonchev–Trinajstić information content (AvgIpc) is 3.37. The topological polar surface area (TPSA) is 108 Å². The molecule has 3 aromatic carbocycles. The van der Waals surface area contributed by atoms with Gasteiger partial charge in [0.2, 0.25) is 11.1 Å². The number of hydrogen-bond donors (Lipinski definition) is 2. The van der Waals surface area contributed by atoms with Crippen LogP contribution in [0.25, 0.3) is 33.3 Å². The van der Waals surface area contributed by atoms with Gasteiger partial charge in [0.05, 0.1) is 23.6 Å². The molecule has 10 heteroatoms. The molecule has 0 saturated heterocycles. The van der Waals surface area contributed by atoms with Crippen LogP contribution < -0.4 is 15.9 Å². The van der Waals surface area contributed by atoms with Crippen LogP contribution in [0.3, 0.4) is 0 Å². The summed E-state index contributed by atoms with van der Waals surface area (Å²) in [4.78, 5) is 12.7. The van der Waals surface area contributed by atoms with Gasteiger partial charge >= 0.3 is 0 Å². The van der Waals surface area contributed by atoms with E-state index in [4.69, 9.17) is 26.6 Å². The van der Waals surface area contributed by atoms with E-state index in [1.807, 2.05) is 42.5 Å².